The van der Waals surface area contributed by atoms with Crippen molar-refractivity contribution in [2.45, 2.75) is 37.5 Å². The van der Waals surface area contributed by atoms with Crippen LogP contribution < -0.4 is 10.2 Å². The second-order valence-electron chi connectivity index (χ2n) is 6.55. The van der Waals surface area contributed by atoms with Crippen molar-refractivity contribution in [3.63, 3.8) is 0 Å². The Morgan fingerprint density at radius 3 is 2.36 bits per heavy atom. The maximum Gasteiger partial charge on any atom is 0.225 e. The van der Waals surface area contributed by atoms with E-state index in [4.69, 9.17) is 0 Å². The van der Waals surface area contributed by atoms with E-state index >= 15 is 0 Å². The number of piperidine rings is 1. The predicted molar refractivity (Wildman–Crippen MR) is 108 cm³/mol. The van der Waals surface area contributed by atoms with Crippen molar-refractivity contribution >= 4 is 29.0 Å². The van der Waals surface area contributed by atoms with Crippen molar-refractivity contribution in [3.05, 3.63) is 54.1 Å². The fraction of sp³-hybridized carbons (Fsp3) is 0.381. The fourth-order valence-corrected chi connectivity index (χ4v) is 3.88. The van der Waals surface area contributed by atoms with Crippen LogP contribution in [0.15, 0.2) is 53.4 Å². The molecule has 0 radical (unpaired) electrons. The molecule has 1 fully saturated rings. The number of benzene rings is 2. The Hall–Kier alpha value is -1.94. The first-order chi connectivity index (χ1) is 12.2. The summed E-state index contributed by atoms with van der Waals surface area (Å²) < 4.78 is 0. The van der Waals surface area contributed by atoms with Crippen molar-refractivity contribution in [1.29, 1.82) is 0 Å². The molecule has 3 rings (SSSR count). The van der Waals surface area contributed by atoms with E-state index in [0.717, 1.165) is 24.5 Å². The average molecular weight is 355 g/mol. The van der Waals surface area contributed by atoms with Gasteiger partial charge in [0.05, 0.1) is 0 Å². The number of thioether (sulfide) groups is 1. The Morgan fingerprint density at radius 2 is 1.68 bits per heavy atom. The molecule has 0 saturated carbocycles. The lowest BCUT2D eigenvalue weighted by atomic mass is 10.1. The second kappa shape index (κ2) is 8.95. The van der Waals surface area contributed by atoms with Crippen LogP contribution in [0.2, 0.25) is 0 Å². The van der Waals surface area contributed by atoms with Gasteiger partial charge in [-0.25, -0.2) is 0 Å². The number of hydrogen-bond acceptors (Lipinski definition) is 3. The zero-order valence-corrected chi connectivity index (χ0v) is 15.6. The molecular formula is C21H26N2OS. The van der Waals surface area contributed by atoms with Gasteiger partial charge in [-0.2, -0.15) is 0 Å². The number of carbonyl (C=O) groups is 1. The SMILES string of the molecule is Cc1ccc(SCCC(=O)Nc2ccc(N3CCCCC3)cc2)cc1. The summed E-state index contributed by atoms with van der Waals surface area (Å²) in [5.74, 6) is 0.867. The molecule has 3 nitrogen and oxygen atoms in total. The lowest BCUT2D eigenvalue weighted by Crippen LogP contribution is -2.29. The van der Waals surface area contributed by atoms with E-state index in [1.807, 2.05) is 12.1 Å². The molecule has 0 aliphatic carbocycles. The third-order valence-corrected chi connectivity index (χ3v) is 5.50. The van der Waals surface area contributed by atoms with E-state index < -0.39 is 0 Å². The minimum Gasteiger partial charge on any atom is -0.372 e. The van der Waals surface area contributed by atoms with Crippen LogP contribution in [0.1, 0.15) is 31.2 Å². The van der Waals surface area contributed by atoms with Gasteiger partial charge in [0.25, 0.3) is 0 Å². The highest BCUT2D eigenvalue weighted by Crippen LogP contribution is 2.22. The molecule has 4 heteroatoms. The first-order valence-electron chi connectivity index (χ1n) is 9.05. The van der Waals surface area contributed by atoms with Crippen LogP contribution >= 0.6 is 11.8 Å². The lowest BCUT2D eigenvalue weighted by molar-refractivity contribution is -0.115. The first-order valence-corrected chi connectivity index (χ1v) is 10.0. The Labute approximate surface area is 154 Å². The molecule has 2 aromatic carbocycles. The number of anilines is 2. The maximum atomic E-state index is 12.1. The monoisotopic (exact) mass is 354 g/mol. The molecule has 1 amide bonds. The summed E-state index contributed by atoms with van der Waals surface area (Å²) in [5, 5.41) is 3.00. The van der Waals surface area contributed by atoms with Crippen LogP contribution in [-0.2, 0) is 4.79 Å². The van der Waals surface area contributed by atoms with Gasteiger partial charge in [0.1, 0.15) is 0 Å². The smallest absolute Gasteiger partial charge is 0.225 e. The number of hydrogen-bond donors (Lipinski definition) is 1. The number of aryl methyl sites for hydroxylation is 1. The summed E-state index contributed by atoms with van der Waals surface area (Å²) in [6.45, 7) is 4.36. The van der Waals surface area contributed by atoms with Gasteiger partial charge >= 0.3 is 0 Å². The van der Waals surface area contributed by atoms with E-state index in [1.54, 1.807) is 11.8 Å². The summed E-state index contributed by atoms with van der Waals surface area (Å²) in [7, 11) is 0. The number of nitrogens with one attached hydrogen (secondary N) is 1. The van der Waals surface area contributed by atoms with Gasteiger partial charge in [-0.1, -0.05) is 17.7 Å². The molecule has 0 atom stereocenters. The van der Waals surface area contributed by atoms with E-state index in [1.165, 1.54) is 35.4 Å². The fourth-order valence-electron chi connectivity index (χ4n) is 3.03. The highest BCUT2D eigenvalue weighted by atomic mass is 32.2. The molecule has 2 aromatic rings. The van der Waals surface area contributed by atoms with Gasteiger partial charge in [-0.15, -0.1) is 11.8 Å². The Balaban J connectivity index is 1.43. The molecule has 0 unspecified atom stereocenters. The van der Waals surface area contributed by atoms with Crippen LogP contribution in [0.4, 0.5) is 11.4 Å². The van der Waals surface area contributed by atoms with E-state index in [-0.39, 0.29) is 5.91 Å². The summed E-state index contributed by atoms with van der Waals surface area (Å²) in [5.41, 5.74) is 3.40. The summed E-state index contributed by atoms with van der Waals surface area (Å²) >= 11 is 1.72. The van der Waals surface area contributed by atoms with Gasteiger partial charge < -0.3 is 10.2 Å². The van der Waals surface area contributed by atoms with E-state index in [0.29, 0.717) is 6.42 Å². The van der Waals surface area contributed by atoms with Crippen molar-refractivity contribution in [3.8, 4) is 0 Å². The zero-order valence-electron chi connectivity index (χ0n) is 14.8. The number of carbonyl (C=O) groups excluding carboxylic acids is 1. The third kappa shape index (κ3) is 5.53. The summed E-state index contributed by atoms with van der Waals surface area (Å²) in [6, 6.07) is 16.7. The van der Waals surface area contributed by atoms with Crippen LogP contribution in [0.3, 0.4) is 0 Å². The highest BCUT2D eigenvalue weighted by molar-refractivity contribution is 7.99. The predicted octanol–water partition coefficient (Wildman–Crippen LogP) is 5.11. The topological polar surface area (TPSA) is 32.3 Å². The minimum atomic E-state index is 0.0744. The molecular weight excluding hydrogens is 328 g/mol. The summed E-state index contributed by atoms with van der Waals surface area (Å²) in [4.78, 5) is 15.7. The van der Waals surface area contributed by atoms with Crippen LogP contribution in [0.25, 0.3) is 0 Å². The molecule has 132 valence electrons. The normalized spacial score (nSPS) is 14.4. The van der Waals surface area contributed by atoms with Crippen molar-refractivity contribution in [2.75, 3.05) is 29.1 Å². The Bertz CT molecular complexity index is 676. The van der Waals surface area contributed by atoms with E-state index in [2.05, 4.69) is 53.5 Å². The molecule has 0 bridgehead atoms. The molecule has 1 aliphatic heterocycles. The molecule has 1 N–H and O–H groups in total. The van der Waals surface area contributed by atoms with Crippen molar-refractivity contribution in [2.24, 2.45) is 0 Å². The van der Waals surface area contributed by atoms with E-state index in [9.17, 15) is 4.79 Å². The van der Waals surface area contributed by atoms with Crippen molar-refractivity contribution < 1.29 is 4.79 Å². The van der Waals surface area contributed by atoms with Crippen LogP contribution in [-0.4, -0.2) is 24.7 Å². The largest absolute Gasteiger partial charge is 0.372 e. The molecule has 0 aromatic heterocycles. The van der Waals surface area contributed by atoms with Gasteiger partial charge in [0.15, 0.2) is 0 Å². The zero-order chi connectivity index (χ0) is 17.5. The molecule has 1 aliphatic rings. The average Bonchev–Trinajstić information content (AvgIpc) is 2.65. The van der Waals surface area contributed by atoms with Crippen LogP contribution in [0.5, 0.6) is 0 Å². The highest BCUT2D eigenvalue weighted by Gasteiger charge is 2.11. The van der Waals surface area contributed by atoms with Gasteiger partial charge in [0, 0.05) is 41.5 Å². The summed E-state index contributed by atoms with van der Waals surface area (Å²) in [6.07, 6.45) is 4.41. The van der Waals surface area contributed by atoms with Crippen molar-refractivity contribution in [1.82, 2.24) is 0 Å². The second-order valence-corrected chi connectivity index (χ2v) is 7.72. The Kier molecular flexibility index (Phi) is 6.40. The number of rotatable bonds is 6. The van der Waals surface area contributed by atoms with Gasteiger partial charge in [-0.3, -0.25) is 4.79 Å². The minimum absolute atomic E-state index is 0.0744. The van der Waals surface area contributed by atoms with Gasteiger partial charge in [0.2, 0.25) is 5.91 Å². The maximum absolute atomic E-state index is 12.1. The standard InChI is InChI=1S/C21H26N2OS/c1-17-5-11-20(12-6-17)25-16-13-21(24)22-18-7-9-19(10-8-18)23-14-3-2-4-15-23/h5-12H,2-4,13-16H2,1H3,(H,22,24). The van der Waals surface area contributed by atoms with Gasteiger partial charge in [-0.05, 0) is 62.6 Å². The number of amides is 1. The molecule has 25 heavy (non-hydrogen) atoms. The third-order valence-electron chi connectivity index (χ3n) is 4.49. The van der Waals surface area contributed by atoms with Crippen LogP contribution in [0, 0.1) is 6.92 Å². The Morgan fingerprint density at radius 1 is 1.00 bits per heavy atom. The molecule has 1 heterocycles. The molecule has 1 saturated heterocycles. The lowest BCUT2D eigenvalue weighted by Gasteiger charge is -2.28. The number of nitrogens with zero attached hydrogens (tertiary/aromatic N) is 1. The first kappa shape index (κ1) is 17.9. The quantitative estimate of drug-likeness (QED) is 0.732. The molecule has 0 spiro atoms.